The zero-order valence-corrected chi connectivity index (χ0v) is 12.2. The Morgan fingerprint density at radius 2 is 2.06 bits per heavy atom. The molecular formula is C15H30N2O. The molecule has 2 fully saturated rings. The molecule has 0 aromatic heterocycles. The van der Waals surface area contributed by atoms with Gasteiger partial charge in [0.05, 0.1) is 12.7 Å². The predicted octanol–water partition coefficient (Wildman–Crippen LogP) is 2.27. The lowest BCUT2D eigenvalue weighted by Gasteiger charge is -2.43. The van der Waals surface area contributed by atoms with Crippen LogP contribution in [0.2, 0.25) is 0 Å². The van der Waals surface area contributed by atoms with Gasteiger partial charge in [-0.05, 0) is 31.7 Å². The van der Waals surface area contributed by atoms with Gasteiger partial charge < -0.3 is 10.1 Å². The predicted molar refractivity (Wildman–Crippen MR) is 75.9 cm³/mol. The number of nitrogens with one attached hydrogen (secondary N) is 1. The van der Waals surface area contributed by atoms with Crippen LogP contribution in [0, 0.1) is 5.92 Å². The van der Waals surface area contributed by atoms with E-state index >= 15 is 0 Å². The molecule has 1 heterocycles. The van der Waals surface area contributed by atoms with Crippen LogP contribution in [0.1, 0.15) is 46.0 Å². The van der Waals surface area contributed by atoms with E-state index in [1.54, 1.807) is 0 Å². The second kappa shape index (κ2) is 7.46. The molecule has 0 spiro atoms. The Balaban J connectivity index is 1.65. The lowest BCUT2D eigenvalue weighted by molar-refractivity contribution is -0.0873. The van der Waals surface area contributed by atoms with E-state index in [4.69, 9.17) is 4.74 Å². The van der Waals surface area contributed by atoms with Gasteiger partial charge in [0.25, 0.3) is 0 Å². The molecule has 2 atom stereocenters. The molecule has 3 heteroatoms. The highest BCUT2D eigenvalue weighted by Gasteiger charge is 2.33. The van der Waals surface area contributed by atoms with Gasteiger partial charge in [0, 0.05) is 25.7 Å². The number of morpholine rings is 1. The molecule has 3 nitrogen and oxygen atoms in total. The van der Waals surface area contributed by atoms with Gasteiger partial charge in [-0.2, -0.15) is 0 Å². The lowest BCUT2D eigenvalue weighted by Crippen LogP contribution is -2.54. The summed E-state index contributed by atoms with van der Waals surface area (Å²) in [6.07, 6.45) is 7.19. The van der Waals surface area contributed by atoms with Crippen LogP contribution in [0.3, 0.4) is 0 Å². The maximum atomic E-state index is 5.91. The standard InChI is InChI=1S/C15H30N2O/c1-13(2)7-8-16-9-10-17-11-12-18-15-6-4-3-5-14(15)17/h13-16H,3-12H2,1-2H3. The average molecular weight is 254 g/mol. The zero-order chi connectivity index (χ0) is 12.8. The maximum Gasteiger partial charge on any atom is 0.0730 e. The van der Waals surface area contributed by atoms with E-state index in [1.807, 2.05) is 0 Å². The fourth-order valence-corrected chi connectivity index (χ4v) is 3.19. The van der Waals surface area contributed by atoms with Crippen molar-refractivity contribution in [3.63, 3.8) is 0 Å². The monoisotopic (exact) mass is 254 g/mol. The fourth-order valence-electron chi connectivity index (χ4n) is 3.19. The summed E-state index contributed by atoms with van der Waals surface area (Å²) >= 11 is 0. The SMILES string of the molecule is CC(C)CCNCCN1CCOC2CCCCC21. The zero-order valence-electron chi connectivity index (χ0n) is 12.2. The van der Waals surface area contributed by atoms with E-state index in [0.717, 1.165) is 32.2 Å². The van der Waals surface area contributed by atoms with Crippen LogP contribution in [-0.2, 0) is 4.74 Å². The third-order valence-corrected chi connectivity index (χ3v) is 4.32. The first-order chi connectivity index (χ1) is 8.77. The average Bonchev–Trinajstić information content (AvgIpc) is 2.38. The number of nitrogens with zero attached hydrogens (tertiary/aromatic N) is 1. The normalized spacial score (nSPS) is 29.5. The molecule has 2 unspecified atom stereocenters. The van der Waals surface area contributed by atoms with Gasteiger partial charge in [-0.1, -0.05) is 26.7 Å². The molecule has 0 amide bonds. The molecule has 0 radical (unpaired) electrons. The quantitative estimate of drug-likeness (QED) is 0.736. The van der Waals surface area contributed by atoms with Crippen LogP contribution >= 0.6 is 0 Å². The van der Waals surface area contributed by atoms with Crippen molar-refractivity contribution in [3.05, 3.63) is 0 Å². The van der Waals surface area contributed by atoms with Crippen molar-refractivity contribution >= 4 is 0 Å². The Hall–Kier alpha value is -0.120. The second-order valence-electron chi connectivity index (χ2n) is 6.23. The van der Waals surface area contributed by atoms with Crippen molar-refractivity contribution in [1.82, 2.24) is 10.2 Å². The smallest absolute Gasteiger partial charge is 0.0730 e. The fraction of sp³-hybridized carbons (Fsp3) is 1.00. The molecule has 2 rings (SSSR count). The van der Waals surface area contributed by atoms with Crippen LogP contribution < -0.4 is 5.32 Å². The van der Waals surface area contributed by atoms with Crippen LogP contribution in [0.15, 0.2) is 0 Å². The molecular weight excluding hydrogens is 224 g/mol. The Kier molecular flexibility index (Phi) is 5.93. The molecule has 1 N–H and O–H groups in total. The number of hydrogen-bond donors (Lipinski definition) is 1. The van der Waals surface area contributed by atoms with Crippen LogP contribution in [0.25, 0.3) is 0 Å². The van der Waals surface area contributed by atoms with Gasteiger partial charge in [0.1, 0.15) is 0 Å². The van der Waals surface area contributed by atoms with E-state index in [1.165, 1.54) is 38.6 Å². The summed E-state index contributed by atoms with van der Waals surface area (Å²) in [5.74, 6) is 0.809. The van der Waals surface area contributed by atoms with Crippen LogP contribution in [0.4, 0.5) is 0 Å². The van der Waals surface area contributed by atoms with Gasteiger partial charge in [-0.15, -0.1) is 0 Å². The minimum Gasteiger partial charge on any atom is -0.375 e. The number of hydrogen-bond acceptors (Lipinski definition) is 3. The molecule has 1 saturated carbocycles. The minimum atomic E-state index is 0.531. The Labute approximate surface area is 112 Å². The highest BCUT2D eigenvalue weighted by atomic mass is 16.5. The van der Waals surface area contributed by atoms with Crippen molar-refractivity contribution in [2.24, 2.45) is 5.92 Å². The molecule has 106 valence electrons. The van der Waals surface area contributed by atoms with E-state index in [2.05, 4.69) is 24.1 Å². The Morgan fingerprint density at radius 1 is 1.22 bits per heavy atom. The van der Waals surface area contributed by atoms with Crippen LogP contribution in [0.5, 0.6) is 0 Å². The summed E-state index contributed by atoms with van der Waals surface area (Å²) in [6, 6.07) is 0.708. The van der Waals surface area contributed by atoms with Gasteiger partial charge in [0.2, 0.25) is 0 Å². The van der Waals surface area contributed by atoms with Crippen LogP contribution in [-0.4, -0.2) is 49.8 Å². The second-order valence-corrected chi connectivity index (χ2v) is 6.23. The van der Waals surface area contributed by atoms with Crippen molar-refractivity contribution in [1.29, 1.82) is 0 Å². The first kappa shape index (κ1) is 14.3. The van der Waals surface area contributed by atoms with E-state index in [9.17, 15) is 0 Å². The molecule has 1 saturated heterocycles. The molecule has 2 aliphatic rings. The minimum absolute atomic E-state index is 0.531. The first-order valence-corrected chi connectivity index (χ1v) is 7.83. The van der Waals surface area contributed by atoms with Gasteiger partial charge in [-0.3, -0.25) is 4.90 Å². The molecule has 1 aliphatic carbocycles. The topological polar surface area (TPSA) is 24.5 Å². The summed E-state index contributed by atoms with van der Waals surface area (Å²) in [4.78, 5) is 2.66. The van der Waals surface area contributed by atoms with Crippen molar-refractivity contribution in [2.45, 2.75) is 58.1 Å². The molecule has 18 heavy (non-hydrogen) atoms. The van der Waals surface area contributed by atoms with E-state index in [-0.39, 0.29) is 0 Å². The molecule has 0 bridgehead atoms. The van der Waals surface area contributed by atoms with Gasteiger partial charge >= 0.3 is 0 Å². The first-order valence-electron chi connectivity index (χ1n) is 7.83. The summed E-state index contributed by atoms with van der Waals surface area (Å²) in [6.45, 7) is 10.1. The Morgan fingerprint density at radius 3 is 2.89 bits per heavy atom. The van der Waals surface area contributed by atoms with Crippen molar-refractivity contribution in [3.8, 4) is 0 Å². The largest absolute Gasteiger partial charge is 0.375 e. The summed E-state index contributed by atoms with van der Waals surface area (Å²) < 4.78 is 5.91. The number of rotatable bonds is 6. The third-order valence-electron chi connectivity index (χ3n) is 4.32. The number of ether oxygens (including phenoxy) is 1. The van der Waals surface area contributed by atoms with E-state index in [0.29, 0.717) is 12.1 Å². The van der Waals surface area contributed by atoms with E-state index < -0.39 is 0 Å². The molecule has 0 aromatic rings. The highest BCUT2D eigenvalue weighted by molar-refractivity contribution is 4.87. The lowest BCUT2D eigenvalue weighted by atomic mass is 9.90. The Bertz CT molecular complexity index is 231. The van der Waals surface area contributed by atoms with Gasteiger partial charge in [0.15, 0.2) is 0 Å². The van der Waals surface area contributed by atoms with Gasteiger partial charge in [-0.25, -0.2) is 0 Å². The summed E-state index contributed by atoms with van der Waals surface area (Å²) in [7, 11) is 0. The van der Waals surface area contributed by atoms with Crippen molar-refractivity contribution in [2.75, 3.05) is 32.8 Å². The van der Waals surface area contributed by atoms with Crippen molar-refractivity contribution < 1.29 is 4.74 Å². The highest BCUT2D eigenvalue weighted by Crippen LogP contribution is 2.27. The molecule has 1 aliphatic heterocycles. The number of fused-ring (bicyclic) bond motifs is 1. The summed E-state index contributed by atoms with van der Waals surface area (Å²) in [5.41, 5.74) is 0. The molecule has 0 aromatic carbocycles. The third kappa shape index (κ3) is 4.22. The summed E-state index contributed by atoms with van der Waals surface area (Å²) in [5, 5.41) is 3.58. The maximum absolute atomic E-state index is 5.91.